The van der Waals surface area contributed by atoms with Crippen LogP contribution in [0.1, 0.15) is 53.8 Å². The van der Waals surface area contributed by atoms with Crippen molar-refractivity contribution < 1.29 is 44.4 Å². The lowest BCUT2D eigenvalue weighted by Crippen LogP contribution is -2.15. The SMILES string of the molecule is NC(=O)c1c(C(=O)O)c2[nH]c1cc1nc(cc3ccc(cc4nc(c2C(=O)O)C(C(=O)O)=C4C(=O)O)[nH]3)C=C1. The number of hydrogen-bond donors (Lipinski definition) is 7. The number of fused-ring (bicyclic) bond motifs is 8. The van der Waals surface area contributed by atoms with Gasteiger partial charge in [0.15, 0.2) is 0 Å². The number of hydrogen-bond acceptors (Lipinski definition) is 7. The Morgan fingerprint density at radius 1 is 0.667 bits per heavy atom. The van der Waals surface area contributed by atoms with Gasteiger partial charge in [-0.3, -0.25) is 4.79 Å². The van der Waals surface area contributed by atoms with Crippen LogP contribution < -0.4 is 5.73 Å². The predicted molar refractivity (Wildman–Crippen MR) is 134 cm³/mol. The standard InChI is InChI=1S/C25H15N5O9/c26-21(31)14-12-6-10-3-1-8(27-10)5-9-2-4-11(28-9)7-13-15(22(32)33)17(24(36)37)20(30-13)18(25(38)39)19(29-12)16(14)23(34)35/h1-7,28-29H,(H2,26,31)(H,32,33)(H,34,35)(H,36,37)(H,38,39). The Kier molecular flexibility index (Phi) is 5.56. The molecule has 194 valence electrons. The Morgan fingerprint density at radius 2 is 1.26 bits per heavy atom. The normalized spacial score (nSPS) is 12.4. The summed E-state index contributed by atoms with van der Waals surface area (Å²) in [6, 6.07) is 7.30. The van der Waals surface area contributed by atoms with Crippen LogP contribution in [0, 0.1) is 0 Å². The first-order valence-electron chi connectivity index (χ1n) is 10.9. The lowest BCUT2D eigenvalue weighted by atomic mass is 10.00. The van der Waals surface area contributed by atoms with Gasteiger partial charge in [0.1, 0.15) is 16.7 Å². The molecular formula is C25H15N5O9. The molecule has 3 aromatic rings. The maximum Gasteiger partial charge on any atom is 0.340 e. The van der Waals surface area contributed by atoms with Gasteiger partial charge >= 0.3 is 23.9 Å². The first-order valence-corrected chi connectivity index (χ1v) is 10.9. The Hall–Kier alpha value is -6.05. The van der Waals surface area contributed by atoms with E-state index in [1.165, 1.54) is 12.1 Å². The van der Waals surface area contributed by atoms with Gasteiger partial charge in [-0.25, -0.2) is 29.1 Å². The van der Waals surface area contributed by atoms with Crippen molar-refractivity contribution in [3.8, 4) is 0 Å². The van der Waals surface area contributed by atoms with E-state index in [0.29, 0.717) is 16.7 Å². The molecule has 0 spiro atoms. The maximum absolute atomic E-state index is 12.5. The van der Waals surface area contributed by atoms with Gasteiger partial charge in [0, 0.05) is 11.0 Å². The van der Waals surface area contributed by atoms with E-state index in [4.69, 9.17) is 5.73 Å². The zero-order chi connectivity index (χ0) is 28.2. The minimum atomic E-state index is -1.85. The smallest absolute Gasteiger partial charge is 0.340 e. The number of carbonyl (C=O) groups excluding carboxylic acids is 1. The molecule has 0 atom stereocenters. The Bertz CT molecular complexity index is 1910. The molecule has 14 heteroatoms. The molecule has 0 fully saturated rings. The number of aliphatic carboxylic acids is 2. The molecule has 0 aliphatic carbocycles. The van der Waals surface area contributed by atoms with E-state index in [0.717, 1.165) is 0 Å². The third kappa shape index (κ3) is 4.07. The molecule has 0 saturated carbocycles. The molecule has 39 heavy (non-hydrogen) atoms. The van der Waals surface area contributed by atoms with E-state index >= 15 is 0 Å². The van der Waals surface area contributed by atoms with Crippen LogP contribution in [0.2, 0.25) is 0 Å². The van der Waals surface area contributed by atoms with Gasteiger partial charge in [-0.15, -0.1) is 0 Å². The topological polar surface area (TPSA) is 250 Å². The summed E-state index contributed by atoms with van der Waals surface area (Å²) in [6.07, 6.45) is 3.18. The van der Waals surface area contributed by atoms with Gasteiger partial charge in [0.2, 0.25) is 0 Å². The van der Waals surface area contributed by atoms with Gasteiger partial charge in [-0.05, 0) is 42.5 Å². The summed E-state index contributed by atoms with van der Waals surface area (Å²) in [7, 11) is 0. The highest BCUT2D eigenvalue weighted by atomic mass is 16.4. The molecule has 5 heterocycles. The van der Waals surface area contributed by atoms with E-state index in [2.05, 4.69) is 19.9 Å². The third-order valence-electron chi connectivity index (χ3n) is 5.89. The molecule has 0 aromatic carbocycles. The number of H-pyrrole nitrogens is 2. The van der Waals surface area contributed by atoms with Gasteiger partial charge < -0.3 is 36.1 Å². The number of aromatic amines is 2. The van der Waals surface area contributed by atoms with Gasteiger partial charge in [0.25, 0.3) is 5.91 Å². The molecule has 0 radical (unpaired) electrons. The molecule has 8 bridgehead atoms. The largest absolute Gasteiger partial charge is 0.478 e. The van der Waals surface area contributed by atoms with Crippen molar-refractivity contribution in [2.45, 2.75) is 0 Å². The molecule has 8 N–H and O–H groups in total. The maximum atomic E-state index is 12.5. The summed E-state index contributed by atoms with van der Waals surface area (Å²) in [4.78, 5) is 75.5. The number of carboxylic acid groups (broad SMARTS) is 4. The summed E-state index contributed by atoms with van der Waals surface area (Å²) >= 11 is 0. The number of nitrogens with zero attached hydrogens (tertiary/aromatic N) is 2. The van der Waals surface area contributed by atoms with Crippen LogP contribution in [0.3, 0.4) is 0 Å². The monoisotopic (exact) mass is 529 g/mol. The number of aromatic nitrogens is 4. The van der Waals surface area contributed by atoms with Crippen molar-refractivity contribution in [3.05, 3.63) is 69.8 Å². The van der Waals surface area contributed by atoms with Crippen molar-refractivity contribution in [1.82, 2.24) is 19.9 Å². The molecule has 3 aromatic heterocycles. The summed E-state index contributed by atoms with van der Waals surface area (Å²) in [6.45, 7) is 0. The minimum Gasteiger partial charge on any atom is -0.478 e. The second kappa shape index (κ2) is 8.81. The third-order valence-corrected chi connectivity index (χ3v) is 5.89. The van der Waals surface area contributed by atoms with Gasteiger partial charge in [0.05, 0.1) is 44.9 Å². The summed E-state index contributed by atoms with van der Waals surface area (Å²) < 4.78 is 0. The second-order valence-electron chi connectivity index (χ2n) is 8.32. The highest BCUT2D eigenvalue weighted by Crippen LogP contribution is 2.35. The predicted octanol–water partition coefficient (Wildman–Crippen LogP) is 2.06. The quantitative estimate of drug-likeness (QED) is 0.197. The van der Waals surface area contributed by atoms with Crippen molar-refractivity contribution in [2.75, 3.05) is 0 Å². The number of amides is 1. The number of carboxylic acids is 4. The summed E-state index contributed by atoms with van der Waals surface area (Å²) in [5, 5.41) is 39.9. The molecule has 14 nitrogen and oxygen atoms in total. The fraction of sp³-hybridized carbons (Fsp3) is 0. The average molecular weight is 529 g/mol. The number of rotatable bonds is 5. The van der Waals surface area contributed by atoms with E-state index < -0.39 is 74.5 Å². The Balaban J connectivity index is 2.13. The molecule has 5 rings (SSSR count). The fourth-order valence-corrected chi connectivity index (χ4v) is 4.41. The average Bonchev–Trinajstić information content (AvgIpc) is 3.60. The van der Waals surface area contributed by atoms with Crippen molar-refractivity contribution in [2.24, 2.45) is 5.73 Å². The van der Waals surface area contributed by atoms with E-state index in [1.54, 1.807) is 30.4 Å². The molecular weight excluding hydrogens is 514 g/mol. The molecule has 0 unspecified atom stereocenters. The lowest BCUT2D eigenvalue weighted by molar-refractivity contribution is -0.132. The Morgan fingerprint density at radius 3 is 1.82 bits per heavy atom. The number of primary amides is 1. The van der Waals surface area contributed by atoms with Crippen molar-refractivity contribution in [3.63, 3.8) is 0 Å². The van der Waals surface area contributed by atoms with Crippen LogP contribution in [0.25, 0.3) is 45.4 Å². The van der Waals surface area contributed by atoms with Crippen LogP contribution in [0.5, 0.6) is 0 Å². The second-order valence-corrected chi connectivity index (χ2v) is 8.32. The highest BCUT2D eigenvalue weighted by Gasteiger charge is 2.36. The number of aromatic carboxylic acids is 2. The molecule has 2 aliphatic rings. The zero-order valence-corrected chi connectivity index (χ0v) is 19.3. The first kappa shape index (κ1) is 24.6. The van der Waals surface area contributed by atoms with E-state index in [9.17, 15) is 44.4 Å². The Labute approximate surface area is 215 Å². The minimum absolute atomic E-state index is 0.221. The lowest BCUT2D eigenvalue weighted by Gasteiger charge is -2.03. The molecule has 0 saturated heterocycles. The first-order chi connectivity index (χ1) is 18.5. The number of carbonyl (C=O) groups is 5. The van der Waals surface area contributed by atoms with Crippen LogP contribution in [-0.2, 0) is 9.59 Å². The molecule has 1 amide bonds. The molecule has 2 aliphatic heterocycles. The summed E-state index contributed by atoms with van der Waals surface area (Å²) in [5.74, 6) is -8.39. The zero-order valence-electron chi connectivity index (χ0n) is 19.3. The van der Waals surface area contributed by atoms with Gasteiger partial charge in [-0.2, -0.15) is 0 Å². The number of nitrogens with one attached hydrogen (secondary N) is 2. The number of nitrogens with two attached hydrogens (primary N) is 1. The van der Waals surface area contributed by atoms with Crippen LogP contribution in [0.15, 0.2) is 30.3 Å². The van der Waals surface area contributed by atoms with Crippen molar-refractivity contribution >= 4 is 75.1 Å². The van der Waals surface area contributed by atoms with Crippen LogP contribution in [-0.4, -0.2) is 70.1 Å². The van der Waals surface area contributed by atoms with Crippen LogP contribution in [0.4, 0.5) is 0 Å². The van der Waals surface area contributed by atoms with Gasteiger partial charge in [-0.1, -0.05) is 0 Å². The van der Waals surface area contributed by atoms with Crippen molar-refractivity contribution in [1.29, 1.82) is 0 Å². The van der Waals surface area contributed by atoms with E-state index in [1.807, 2.05) is 0 Å². The highest BCUT2D eigenvalue weighted by molar-refractivity contribution is 6.38. The van der Waals surface area contributed by atoms with Crippen LogP contribution >= 0.6 is 0 Å². The fourth-order valence-electron chi connectivity index (χ4n) is 4.41. The van der Waals surface area contributed by atoms with E-state index in [-0.39, 0.29) is 11.2 Å². The summed E-state index contributed by atoms with van der Waals surface area (Å²) in [5.41, 5.74) is 0.529.